The van der Waals surface area contributed by atoms with Gasteiger partial charge in [0, 0.05) is 50.1 Å². The number of carbonyl (C=O) groups is 1. The molecule has 0 saturated carbocycles. The summed E-state index contributed by atoms with van der Waals surface area (Å²) in [5.41, 5.74) is 1.07. The van der Waals surface area contributed by atoms with Gasteiger partial charge in [0.05, 0.1) is 13.2 Å². The predicted molar refractivity (Wildman–Crippen MR) is 89.5 cm³/mol. The number of hydrogen-bond donors (Lipinski definition) is 0. The molecule has 0 N–H and O–H groups in total. The Kier molecular flexibility index (Phi) is 7.15. The second kappa shape index (κ2) is 9.12. The van der Waals surface area contributed by atoms with Crippen molar-refractivity contribution >= 4 is 18.0 Å². The molecule has 1 saturated heterocycles. The zero-order valence-corrected chi connectivity index (χ0v) is 13.9. The number of hydrogen-bond acceptors (Lipinski definition) is 5. The molecule has 1 aliphatic rings. The maximum atomic E-state index is 12.0. The lowest BCUT2D eigenvalue weighted by Crippen LogP contribution is -2.39. The summed E-state index contributed by atoms with van der Waals surface area (Å²) in [4.78, 5) is 25.2. The van der Waals surface area contributed by atoms with E-state index >= 15 is 0 Å². The number of ether oxygens (including phenoxy) is 1. The lowest BCUT2D eigenvalue weighted by Gasteiger charge is -2.26. The van der Waals surface area contributed by atoms with Gasteiger partial charge >= 0.3 is 0 Å². The van der Waals surface area contributed by atoms with E-state index in [0.717, 1.165) is 50.5 Å². The van der Waals surface area contributed by atoms with Crippen LogP contribution in [-0.2, 0) is 16.1 Å². The van der Waals surface area contributed by atoms with Crippen molar-refractivity contribution in [1.29, 1.82) is 0 Å². The molecule has 1 aromatic rings. The quantitative estimate of drug-likeness (QED) is 0.679. The van der Waals surface area contributed by atoms with Crippen LogP contribution in [0.1, 0.15) is 24.2 Å². The minimum Gasteiger partial charge on any atom is -0.379 e. The van der Waals surface area contributed by atoms with Gasteiger partial charge < -0.3 is 14.1 Å². The van der Waals surface area contributed by atoms with E-state index < -0.39 is 0 Å². The number of aldehydes is 1. The van der Waals surface area contributed by atoms with Crippen molar-refractivity contribution < 1.29 is 9.53 Å². The van der Waals surface area contributed by atoms with Gasteiger partial charge in [-0.1, -0.05) is 13.0 Å². The third-order valence-corrected chi connectivity index (χ3v) is 5.02. The first-order valence-corrected chi connectivity index (χ1v) is 8.85. The van der Waals surface area contributed by atoms with E-state index in [-0.39, 0.29) is 10.8 Å². The summed E-state index contributed by atoms with van der Waals surface area (Å²) in [7, 11) is 0. The maximum absolute atomic E-state index is 12.0. The van der Waals surface area contributed by atoms with Crippen molar-refractivity contribution in [2.45, 2.75) is 25.1 Å². The fourth-order valence-corrected chi connectivity index (χ4v) is 3.53. The van der Waals surface area contributed by atoms with E-state index in [1.807, 2.05) is 12.3 Å². The van der Waals surface area contributed by atoms with E-state index in [2.05, 4.69) is 11.8 Å². The molecule has 1 unspecified atom stereocenters. The topological polar surface area (TPSA) is 51.5 Å². The molecule has 0 radical (unpaired) electrons. The molecule has 0 aliphatic carbocycles. The van der Waals surface area contributed by atoms with Crippen molar-refractivity contribution in [3.05, 3.63) is 34.2 Å². The highest BCUT2D eigenvalue weighted by Gasteiger charge is 2.13. The minimum absolute atomic E-state index is 0.0170. The molecule has 22 heavy (non-hydrogen) atoms. The Labute approximate surface area is 135 Å². The molecule has 6 heteroatoms. The van der Waals surface area contributed by atoms with Gasteiger partial charge in [0.1, 0.15) is 6.29 Å². The standard InChI is InChI=1S/C16H24N2O3S/c1-2-22-15(5-10-19)14-3-4-16(20)18(13-14)7-6-17-8-11-21-12-9-17/h3-4,10,13,15H,2,5-9,11-12H2,1H3. The third kappa shape index (κ3) is 4.97. The van der Waals surface area contributed by atoms with Crippen molar-refractivity contribution in [2.75, 3.05) is 38.6 Å². The number of pyridine rings is 1. The second-order valence-electron chi connectivity index (χ2n) is 5.29. The number of aromatic nitrogens is 1. The summed E-state index contributed by atoms with van der Waals surface area (Å²) in [6.07, 6.45) is 3.36. The molecule has 0 amide bonds. The zero-order chi connectivity index (χ0) is 15.8. The number of rotatable bonds is 8. The Morgan fingerprint density at radius 2 is 2.09 bits per heavy atom. The fourth-order valence-electron chi connectivity index (χ4n) is 2.58. The van der Waals surface area contributed by atoms with Gasteiger partial charge in [0.25, 0.3) is 5.56 Å². The minimum atomic E-state index is 0.0170. The Hall–Kier alpha value is -1.11. The van der Waals surface area contributed by atoms with Crippen LogP contribution in [0.2, 0.25) is 0 Å². The van der Waals surface area contributed by atoms with Crippen LogP contribution in [0.15, 0.2) is 23.1 Å². The third-order valence-electron chi connectivity index (χ3n) is 3.82. The molecule has 2 rings (SSSR count). The fraction of sp³-hybridized carbons (Fsp3) is 0.625. The van der Waals surface area contributed by atoms with Crippen LogP contribution >= 0.6 is 11.8 Å². The van der Waals surface area contributed by atoms with E-state index in [1.54, 1.807) is 22.4 Å². The van der Waals surface area contributed by atoms with Crippen LogP contribution in [0.4, 0.5) is 0 Å². The number of nitrogens with zero attached hydrogens (tertiary/aromatic N) is 2. The second-order valence-corrected chi connectivity index (χ2v) is 6.77. The zero-order valence-electron chi connectivity index (χ0n) is 13.1. The van der Waals surface area contributed by atoms with Gasteiger partial charge in [0.2, 0.25) is 0 Å². The Bertz CT molecular complexity index is 526. The van der Waals surface area contributed by atoms with E-state index in [0.29, 0.717) is 13.0 Å². The van der Waals surface area contributed by atoms with Crippen LogP contribution in [0.25, 0.3) is 0 Å². The first-order chi connectivity index (χ1) is 10.7. The molecule has 1 aromatic heterocycles. The Morgan fingerprint density at radius 1 is 1.32 bits per heavy atom. The monoisotopic (exact) mass is 324 g/mol. The maximum Gasteiger partial charge on any atom is 0.250 e. The Morgan fingerprint density at radius 3 is 2.77 bits per heavy atom. The van der Waals surface area contributed by atoms with Crippen molar-refractivity contribution in [1.82, 2.24) is 9.47 Å². The molecule has 122 valence electrons. The summed E-state index contributed by atoms with van der Waals surface area (Å²) < 4.78 is 7.10. The van der Waals surface area contributed by atoms with Gasteiger partial charge in [-0.05, 0) is 11.3 Å². The molecule has 1 fully saturated rings. The number of thioether (sulfide) groups is 1. The summed E-state index contributed by atoms with van der Waals surface area (Å²) in [5, 5.41) is 0.137. The largest absolute Gasteiger partial charge is 0.379 e. The molecule has 5 nitrogen and oxygen atoms in total. The Balaban J connectivity index is 2.04. The molecular formula is C16H24N2O3S. The van der Waals surface area contributed by atoms with Crippen LogP contribution in [0.5, 0.6) is 0 Å². The highest BCUT2D eigenvalue weighted by atomic mass is 32.2. The lowest BCUT2D eigenvalue weighted by molar-refractivity contribution is -0.107. The first kappa shape index (κ1) is 17.2. The summed E-state index contributed by atoms with van der Waals surface area (Å²) >= 11 is 1.74. The molecule has 0 bridgehead atoms. The van der Waals surface area contributed by atoms with Crippen LogP contribution < -0.4 is 5.56 Å². The van der Waals surface area contributed by atoms with Gasteiger partial charge in [-0.25, -0.2) is 0 Å². The average molecular weight is 324 g/mol. The summed E-state index contributed by atoms with van der Waals surface area (Å²) in [6.45, 7) is 6.99. The van der Waals surface area contributed by atoms with Crippen LogP contribution in [0.3, 0.4) is 0 Å². The SMILES string of the molecule is CCSC(CC=O)c1ccc(=O)n(CCN2CCOCC2)c1. The van der Waals surface area contributed by atoms with E-state index in [9.17, 15) is 9.59 Å². The van der Waals surface area contributed by atoms with Crippen molar-refractivity contribution in [2.24, 2.45) is 0 Å². The molecular weight excluding hydrogens is 300 g/mol. The molecule has 2 heterocycles. The van der Waals surface area contributed by atoms with E-state index in [1.165, 1.54) is 0 Å². The van der Waals surface area contributed by atoms with Gasteiger partial charge in [-0.2, -0.15) is 11.8 Å². The van der Waals surface area contributed by atoms with Crippen LogP contribution in [-0.4, -0.2) is 54.4 Å². The molecule has 0 spiro atoms. The van der Waals surface area contributed by atoms with Gasteiger partial charge in [0.15, 0.2) is 0 Å². The summed E-state index contributed by atoms with van der Waals surface area (Å²) in [6, 6.07) is 3.47. The van der Waals surface area contributed by atoms with E-state index in [4.69, 9.17) is 4.74 Å². The highest BCUT2D eigenvalue weighted by Crippen LogP contribution is 2.30. The molecule has 1 aliphatic heterocycles. The highest BCUT2D eigenvalue weighted by molar-refractivity contribution is 7.99. The smallest absolute Gasteiger partial charge is 0.250 e. The van der Waals surface area contributed by atoms with Crippen molar-refractivity contribution in [3.8, 4) is 0 Å². The summed E-state index contributed by atoms with van der Waals surface area (Å²) in [5.74, 6) is 0.950. The molecule has 0 aromatic carbocycles. The van der Waals surface area contributed by atoms with Crippen LogP contribution in [0, 0.1) is 0 Å². The lowest BCUT2D eigenvalue weighted by atomic mass is 10.1. The van der Waals surface area contributed by atoms with Crippen molar-refractivity contribution in [3.63, 3.8) is 0 Å². The number of morpholine rings is 1. The molecule has 1 atom stereocenters. The first-order valence-electron chi connectivity index (χ1n) is 7.80. The number of carbonyl (C=O) groups excluding carboxylic acids is 1. The predicted octanol–water partition coefficient (Wildman–Crippen LogP) is 1.56. The van der Waals surface area contributed by atoms with Gasteiger partial charge in [-0.15, -0.1) is 0 Å². The van der Waals surface area contributed by atoms with Gasteiger partial charge in [-0.3, -0.25) is 9.69 Å². The normalized spacial score (nSPS) is 17.3. The average Bonchev–Trinajstić information content (AvgIpc) is 2.55.